The summed E-state index contributed by atoms with van der Waals surface area (Å²) in [6.45, 7) is 2.54. The van der Waals surface area contributed by atoms with E-state index in [0.29, 0.717) is 0 Å². The van der Waals surface area contributed by atoms with Crippen molar-refractivity contribution in [3.8, 4) is 0 Å². The van der Waals surface area contributed by atoms with Gasteiger partial charge in [-0.2, -0.15) is 0 Å². The van der Waals surface area contributed by atoms with Gasteiger partial charge in [0.25, 0.3) is 0 Å². The molecular weight excluding hydrogens is 184 g/mol. The van der Waals surface area contributed by atoms with E-state index < -0.39 is 0 Å². The Bertz CT molecular complexity index is 225. The molecule has 0 saturated heterocycles. The van der Waals surface area contributed by atoms with E-state index in [0.717, 1.165) is 12.0 Å². The zero-order chi connectivity index (χ0) is 10.3. The number of hydrogen-bond acceptors (Lipinski definition) is 2. The summed E-state index contributed by atoms with van der Waals surface area (Å²) >= 11 is 0. The lowest BCUT2D eigenvalue weighted by Crippen LogP contribution is -2.49. The molecule has 0 aliphatic heterocycles. The van der Waals surface area contributed by atoms with Gasteiger partial charge in [0.2, 0.25) is 0 Å². The topological polar surface area (TPSA) is 29.3 Å². The third kappa shape index (κ3) is 2.54. The zero-order valence-electron chi connectivity index (χ0n) is 9.75. The van der Waals surface area contributed by atoms with Gasteiger partial charge in [-0.05, 0) is 44.4 Å². The van der Waals surface area contributed by atoms with E-state index in [1.165, 1.54) is 64.5 Å². The average Bonchev–Trinajstić information content (AvgIpc) is 3.07. The SMILES string of the molecule is NC1(CN(CC2CC2)C2CC2)CCCC1. The first-order chi connectivity index (χ1) is 7.25. The molecule has 0 aromatic heterocycles. The lowest BCUT2D eigenvalue weighted by molar-refractivity contribution is 0.193. The van der Waals surface area contributed by atoms with E-state index in [-0.39, 0.29) is 5.54 Å². The molecule has 2 heteroatoms. The Kier molecular flexibility index (Phi) is 2.52. The van der Waals surface area contributed by atoms with Crippen molar-refractivity contribution in [3.05, 3.63) is 0 Å². The monoisotopic (exact) mass is 208 g/mol. The summed E-state index contributed by atoms with van der Waals surface area (Å²) in [5, 5.41) is 0. The molecule has 3 saturated carbocycles. The van der Waals surface area contributed by atoms with Gasteiger partial charge in [0.1, 0.15) is 0 Å². The summed E-state index contributed by atoms with van der Waals surface area (Å²) in [7, 11) is 0. The first-order valence-corrected chi connectivity index (χ1v) is 6.78. The molecule has 0 aromatic carbocycles. The molecule has 0 aromatic rings. The molecule has 0 unspecified atom stereocenters. The molecule has 86 valence electrons. The Morgan fingerprint density at radius 3 is 2.27 bits per heavy atom. The van der Waals surface area contributed by atoms with Crippen molar-refractivity contribution < 1.29 is 0 Å². The van der Waals surface area contributed by atoms with Crippen LogP contribution in [-0.4, -0.2) is 29.6 Å². The predicted molar refractivity (Wildman–Crippen MR) is 62.7 cm³/mol. The molecule has 3 aliphatic carbocycles. The van der Waals surface area contributed by atoms with Gasteiger partial charge in [-0.3, -0.25) is 4.90 Å². The first kappa shape index (κ1) is 10.1. The number of rotatable bonds is 5. The Balaban J connectivity index is 1.56. The quantitative estimate of drug-likeness (QED) is 0.750. The minimum atomic E-state index is 0.178. The van der Waals surface area contributed by atoms with Crippen LogP contribution in [0.5, 0.6) is 0 Å². The molecule has 0 heterocycles. The summed E-state index contributed by atoms with van der Waals surface area (Å²) in [6, 6.07) is 0.909. The van der Waals surface area contributed by atoms with E-state index in [1.54, 1.807) is 0 Å². The van der Waals surface area contributed by atoms with Crippen LogP contribution in [0, 0.1) is 5.92 Å². The fraction of sp³-hybridized carbons (Fsp3) is 1.00. The largest absolute Gasteiger partial charge is 0.324 e. The Morgan fingerprint density at radius 2 is 1.73 bits per heavy atom. The highest BCUT2D eigenvalue weighted by Crippen LogP contribution is 2.37. The van der Waals surface area contributed by atoms with Gasteiger partial charge >= 0.3 is 0 Å². The fourth-order valence-electron chi connectivity index (χ4n) is 3.06. The second-order valence-electron chi connectivity index (χ2n) is 6.17. The maximum absolute atomic E-state index is 6.48. The lowest BCUT2D eigenvalue weighted by atomic mass is 9.98. The van der Waals surface area contributed by atoms with E-state index in [4.69, 9.17) is 5.73 Å². The van der Waals surface area contributed by atoms with Crippen molar-refractivity contribution in [1.29, 1.82) is 0 Å². The average molecular weight is 208 g/mol. The van der Waals surface area contributed by atoms with Crippen LogP contribution in [0.25, 0.3) is 0 Å². The summed E-state index contributed by atoms with van der Waals surface area (Å²) in [6.07, 6.45) is 11.1. The summed E-state index contributed by atoms with van der Waals surface area (Å²) in [5.74, 6) is 1.02. The number of nitrogens with zero attached hydrogens (tertiary/aromatic N) is 1. The standard InChI is InChI=1S/C13H24N2/c14-13(7-1-2-8-13)10-15(12-5-6-12)9-11-3-4-11/h11-12H,1-10,14H2. The molecule has 2 N–H and O–H groups in total. The van der Waals surface area contributed by atoms with E-state index in [1.807, 2.05) is 0 Å². The Labute approximate surface area is 93.2 Å². The van der Waals surface area contributed by atoms with Gasteiger partial charge in [-0.25, -0.2) is 0 Å². The van der Waals surface area contributed by atoms with Gasteiger partial charge in [-0.1, -0.05) is 12.8 Å². The summed E-state index contributed by atoms with van der Waals surface area (Å²) in [4.78, 5) is 2.73. The molecule has 3 rings (SSSR count). The normalized spacial score (nSPS) is 30.0. The third-order valence-electron chi connectivity index (χ3n) is 4.37. The number of nitrogens with two attached hydrogens (primary N) is 1. The van der Waals surface area contributed by atoms with Gasteiger partial charge in [0, 0.05) is 24.7 Å². The Morgan fingerprint density at radius 1 is 1.07 bits per heavy atom. The molecule has 0 atom stereocenters. The van der Waals surface area contributed by atoms with Crippen LogP contribution >= 0.6 is 0 Å². The van der Waals surface area contributed by atoms with Gasteiger partial charge in [0.15, 0.2) is 0 Å². The highest BCUT2D eigenvalue weighted by molar-refractivity contribution is 4.97. The highest BCUT2D eigenvalue weighted by Gasteiger charge is 2.39. The number of hydrogen-bond donors (Lipinski definition) is 1. The van der Waals surface area contributed by atoms with Crippen molar-refractivity contribution in [3.63, 3.8) is 0 Å². The van der Waals surface area contributed by atoms with Gasteiger partial charge in [-0.15, -0.1) is 0 Å². The molecule has 0 amide bonds. The highest BCUT2D eigenvalue weighted by atomic mass is 15.2. The van der Waals surface area contributed by atoms with Crippen LogP contribution in [-0.2, 0) is 0 Å². The van der Waals surface area contributed by atoms with Gasteiger partial charge < -0.3 is 5.73 Å². The van der Waals surface area contributed by atoms with Crippen LogP contribution in [0.2, 0.25) is 0 Å². The van der Waals surface area contributed by atoms with Crippen molar-refractivity contribution in [2.75, 3.05) is 13.1 Å². The first-order valence-electron chi connectivity index (χ1n) is 6.78. The van der Waals surface area contributed by atoms with Crippen LogP contribution in [0.1, 0.15) is 51.4 Å². The van der Waals surface area contributed by atoms with E-state index >= 15 is 0 Å². The summed E-state index contributed by atoms with van der Waals surface area (Å²) in [5.41, 5.74) is 6.66. The van der Waals surface area contributed by atoms with Crippen LogP contribution < -0.4 is 5.73 Å². The molecule has 15 heavy (non-hydrogen) atoms. The smallest absolute Gasteiger partial charge is 0.0283 e. The van der Waals surface area contributed by atoms with Crippen LogP contribution in [0.15, 0.2) is 0 Å². The molecule has 0 bridgehead atoms. The predicted octanol–water partition coefficient (Wildman–Crippen LogP) is 2.13. The van der Waals surface area contributed by atoms with Gasteiger partial charge in [0.05, 0.1) is 0 Å². The molecular formula is C13H24N2. The lowest BCUT2D eigenvalue weighted by Gasteiger charge is -2.32. The van der Waals surface area contributed by atoms with Crippen molar-refractivity contribution in [2.24, 2.45) is 11.7 Å². The summed E-state index contributed by atoms with van der Waals surface area (Å²) < 4.78 is 0. The zero-order valence-corrected chi connectivity index (χ0v) is 9.75. The molecule has 3 aliphatic rings. The second-order valence-corrected chi connectivity index (χ2v) is 6.17. The maximum atomic E-state index is 6.48. The molecule has 0 spiro atoms. The minimum absolute atomic E-state index is 0.178. The fourth-order valence-corrected chi connectivity index (χ4v) is 3.06. The molecule has 0 radical (unpaired) electrons. The van der Waals surface area contributed by atoms with Crippen molar-refractivity contribution >= 4 is 0 Å². The van der Waals surface area contributed by atoms with E-state index in [9.17, 15) is 0 Å². The van der Waals surface area contributed by atoms with Crippen molar-refractivity contribution in [1.82, 2.24) is 4.90 Å². The molecule has 3 fully saturated rings. The second kappa shape index (κ2) is 3.74. The third-order valence-corrected chi connectivity index (χ3v) is 4.37. The van der Waals surface area contributed by atoms with Crippen LogP contribution in [0.3, 0.4) is 0 Å². The Hall–Kier alpha value is -0.0800. The minimum Gasteiger partial charge on any atom is -0.324 e. The molecule has 2 nitrogen and oxygen atoms in total. The maximum Gasteiger partial charge on any atom is 0.0283 e. The van der Waals surface area contributed by atoms with Crippen LogP contribution in [0.4, 0.5) is 0 Å². The van der Waals surface area contributed by atoms with Crippen molar-refractivity contribution in [2.45, 2.75) is 62.9 Å². The van der Waals surface area contributed by atoms with E-state index in [2.05, 4.69) is 4.90 Å².